The van der Waals surface area contributed by atoms with Crippen LogP contribution in [-0.4, -0.2) is 98.3 Å². The number of rotatable bonds is 36. The van der Waals surface area contributed by atoms with Crippen LogP contribution >= 0.6 is 7.82 Å². The van der Waals surface area contributed by atoms with E-state index in [9.17, 15) is 44.6 Å². The average molecular weight is 835 g/mol. The summed E-state index contributed by atoms with van der Waals surface area (Å²) in [5, 5.41) is 50.0. The molecule has 6 unspecified atom stereocenters. The van der Waals surface area contributed by atoms with Crippen LogP contribution in [0.1, 0.15) is 181 Å². The predicted octanol–water partition coefficient (Wildman–Crippen LogP) is 8.06. The lowest BCUT2D eigenvalue weighted by atomic mass is 9.85. The first-order valence-electron chi connectivity index (χ1n) is 22.1. The number of aliphatic hydroxyl groups excluding tert-OH is 5. The molecule has 0 heterocycles. The molecule has 0 aliphatic heterocycles. The molecule has 8 atom stereocenters. The van der Waals surface area contributed by atoms with Gasteiger partial charge in [-0.05, 0) is 44.9 Å². The molecule has 57 heavy (non-hydrogen) atoms. The Morgan fingerprint density at radius 3 is 1.46 bits per heavy atom. The summed E-state index contributed by atoms with van der Waals surface area (Å²) < 4.78 is 33.4. The lowest BCUT2D eigenvalue weighted by Gasteiger charge is -2.41. The van der Waals surface area contributed by atoms with Gasteiger partial charge in [-0.3, -0.25) is 18.6 Å². The first-order chi connectivity index (χ1) is 27.4. The number of carbonyl (C=O) groups is 2. The van der Waals surface area contributed by atoms with E-state index in [-0.39, 0.29) is 12.8 Å². The van der Waals surface area contributed by atoms with E-state index < -0.39 is 75.7 Å². The van der Waals surface area contributed by atoms with E-state index in [0.29, 0.717) is 12.8 Å². The van der Waals surface area contributed by atoms with Gasteiger partial charge in [-0.1, -0.05) is 147 Å². The van der Waals surface area contributed by atoms with Crippen molar-refractivity contribution < 1.29 is 63.1 Å². The van der Waals surface area contributed by atoms with Gasteiger partial charge in [-0.2, -0.15) is 0 Å². The molecule has 334 valence electrons. The van der Waals surface area contributed by atoms with Crippen molar-refractivity contribution in [2.45, 2.75) is 224 Å². The van der Waals surface area contributed by atoms with Gasteiger partial charge in [0.2, 0.25) is 0 Å². The number of hydrogen-bond donors (Lipinski definition) is 6. The van der Waals surface area contributed by atoms with Crippen LogP contribution < -0.4 is 0 Å². The number of phosphoric acid groups is 1. The molecular formula is C43H79O13P. The Balaban J connectivity index is 2.46. The van der Waals surface area contributed by atoms with Gasteiger partial charge in [0.25, 0.3) is 0 Å². The smallest absolute Gasteiger partial charge is 0.462 e. The van der Waals surface area contributed by atoms with Crippen molar-refractivity contribution in [3.05, 3.63) is 24.3 Å². The number of unbranched alkanes of at least 4 members (excludes halogenated alkanes) is 20. The standard InChI is InChI=1S/C43H79O13P/c1-3-5-7-9-11-13-15-16-17-18-19-20-22-23-25-27-29-31-36(44)53-33-35(55-37(45)32-30-28-26-24-21-14-12-10-8-6-4-2)34-54-57(51,52)56-43-41(49)39(47)38(46)40(48)42(43)50/h11,13,16-17,35,38-43,46-50H,3-10,12,14-15,18-34H2,1-2H3,(H,51,52)/b13-11+,17-16+/t35-,38?,39-,40?,41?,42?,43?/m0/s1. The molecular weight excluding hydrogens is 755 g/mol. The Labute approximate surface area is 343 Å². The van der Waals surface area contributed by atoms with E-state index in [4.69, 9.17) is 18.5 Å². The topological polar surface area (TPSA) is 210 Å². The first kappa shape index (κ1) is 53.3. The second kappa shape index (κ2) is 34.1. The molecule has 1 saturated carbocycles. The summed E-state index contributed by atoms with van der Waals surface area (Å²) in [5.74, 6) is -1.11. The summed E-state index contributed by atoms with van der Waals surface area (Å²) in [6, 6.07) is 0. The van der Waals surface area contributed by atoms with Crippen molar-refractivity contribution in [2.75, 3.05) is 13.2 Å². The number of phosphoric ester groups is 1. The van der Waals surface area contributed by atoms with Crippen molar-refractivity contribution in [1.29, 1.82) is 0 Å². The molecule has 0 radical (unpaired) electrons. The molecule has 1 aliphatic carbocycles. The zero-order valence-electron chi connectivity index (χ0n) is 35.1. The maximum Gasteiger partial charge on any atom is 0.472 e. The lowest BCUT2D eigenvalue weighted by molar-refractivity contribution is -0.220. The second-order valence-electron chi connectivity index (χ2n) is 15.6. The van der Waals surface area contributed by atoms with Crippen LogP contribution in [0.25, 0.3) is 0 Å². The molecule has 1 aliphatic rings. The highest BCUT2D eigenvalue weighted by molar-refractivity contribution is 7.47. The highest BCUT2D eigenvalue weighted by Crippen LogP contribution is 2.47. The van der Waals surface area contributed by atoms with Gasteiger partial charge < -0.3 is 39.9 Å². The van der Waals surface area contributed by atoms with E-state index in [1.165, 1.54) is 70.6 Å². The number of allylic oxidation sites excluding steroid dienone is 4. The molecule has 0 amide bonds. The molecule has 0 aromatic heterocycles. The Morgan fingerprint density at radius 1 is 0.544 bits per heavy atom. The number of aliphatic hydroxyl groups is 5. The second-order valence-corrected chi connectivity index (χ2v) is 17.0. The first-order valence-corrected chi connectivity index (χ1v) is 23.6. The molecule has 0 spiro atoms. The fourth-order valence-corrected chi connectivity index (χ4v) is 7.64. The third-order valence-electron chi connectivity index (χ3n) is 10.3. The van der Waals surface area contributed by atoms with Crippen LogP contribution in [-0.2, 0) is 32.7 Å². The van der Waals surface area contributed by atoms with E-state index in [1.807, 2.05) is 0 Å². The number of hydrogen-bond acceptors (Lipinski definition) is 12. The minimum Gasteiger partial charge on any atom is -0.462 e. The molecule has 14 heteroatoms. The largest absolute Gasteiger partial charge is 0.472 e. The van der Waals surface area contributed by atoms with Gasteiger partial charge in [0.05, 0.1) is 6.61 Å². The summed E-state index contributed by atoms with van der Waals surface area (Å²) in [5.41, 5.74) is 0. The van der Waals surface area contributed by atoms with Crippen molar-refractivity contribution >= 4 is 19.8 Å². The van der Waals surface area contributed by atoms with Crippen molar-refractivity contribution in [3.63, 3.8) is 0 Å². The molecule has 1 fully saturated rings. The van der Waals surface area contributed by atoms with Crippen molar-refractivity contribution in [3.8, 4) is 0 Å². The van der Waals surface area contributed by atoms with Crippen LogP contribution in [0.4, 0.5) is 0 Å². The summed E-state index contributed by atoms with van der Waals surface area (Å²) in [7, 11) is -5.11. The maximum atomic E-state index is 12.8. The van der Waals surface area contributed by atoms with Gasteiger partial charge in [0.1, 0.15) is 43.2 Å². The monoisotopic (exact) mass is 835 g/mol. The highest BCUT2D eigenvalue weighted by Gasteiger charge is 2.51. The van der Waals surface area contributed by atoms with Crippen LogP contribution in [0.15, 0.2) is 24.3 Å². The SMILES string of the molecule is CCCCC/C=C/C/C=C/CCCCCCCCCC(=O)OC[C@@H](COP(=O)(O)OC1C(O)C(O)C(O)[C@H](O)C1O)OC(=O)CCCCCCCCCCCCC. The van der Waals surface area contributed by atoms with Gasteiger partial charge in [-0.25, -0.2) is 4.57 Å². The van der Waals surface area contributed by atoms with Gasteiger partial charge in [0, 0.05) is 12.8 Å². The van der Waals surface area contributed by atoms with E-state index in [1.54, 1.807) is 0 Å². The highest BCUT2D eigenvalue weighted by atomic mass is 31.2. The van der Waals surface area contributed by atoms with Crippen LogP contribution in [0.2, 0.25) is 0 Å². The molecule has 0 aromatic rings. The molecule has 1 rings (SSSR count). The van der Waals surface area contributed by atoms with Crippen LogP contribution in [0, 0.1) is 0 Å². The lowest BCUT2D eigenvalue weighted by Crippen LogP contribution is -2.64. The predicted molar refractivity (Wildman–Crippen MR) is 221 cm³/mol. The fourth-order valence-electron chi connectivity index (χ4n) is 6.67. The van der Waals surface area contributed by atoms with Crippen LogP contribution in [0.3, 0.4) is 0 Å². The third kappa shape index (κ3) is 26.9. The zero-order valence-corrected chi connectivity index (χ0v) is 36.0. The Hall–Kier alpha value is -1.67. The minimum atomic E-state index is -5.11. The third-order valence-corrected chi connectivity index (χ3v) is 11.3. The van der Waals surface area contributed by atoms with Crippen LogP contribution in [0.5, 0.6) is 0 Å². The molecule has 0 bridgehead atoms. The summed E-state index contributed by atoms with van der Waals surface area (Å²) in [6.07, 6.45) is 22.4. The Bertz CT molecular complexity index is 1100. The van der Waals surface area contributed by atoms with Crippen molar-refractivity contribution in [2.24, 2.45) is 0 Å². The average Bonchev–Trinajstić information content (AvgIpc) is 3.19. The fraction of sp³-hybridized carbons (Fsp3) is 0.860. The summed E-state index contributed by atoms with van der Waals surface area (Å²) in [4.78, 5) is 35.6. The molecule has 13 nitrogen and oxygen atoms in total. The quantitative estimate of drug-likeness (QED) is 0.0153. The van der Waals surface area contributed by atoms with E-state index in [2.05, 4.69) is 38.2 Å². The number of carbonyl (C=O) groups excluding carboxylic acids is 2. The minimum absolute atomic E-state index is 0.0981. The summed E-state index contributed by atoms with van der Waals surface area (Å²) >= 11 is 0. The maximum absolute atomic E-state index is 12.8. The number of esters is 2. The Morgan fingerprint density at radius 2 is 0.947 bits per heavy atom. The molecule has 6 N–H and O–H groups in total. The molecule has 0 aromatic carbocycles. The van der Waals surface area contributed by atoms with Gasteiger partial charge in [0.15, 0.2) is 6.10 Å². The van der Waals surface area contributed by atoms with E-state index >= 15 is 0 Å². The van der Waals surface area contributed by atoms with Gasteiger partial charge >= 0.3 is 19.8 Å². The Kier molecular flexibility index (Phi) is 31.9. The molecule has 0 saturated heterocycles. The zero-order chi connectivity index (χ0) is 42.2. The summed E-state index contributed by atoms with van der Waals surface area (Å²) in [6.45, 7) is 3.25. The van der Waals surface area contributed by atoms with Gasteiger partial charge in [-0.15, -0.1) is 0 Å². The van der Waals surface area contributed by atoms with Crippen molar-refractivity contribution in [1.82, 2.24) is 0 Å². The normalized spacial score (nSPS) is 22.9. The van der Waals surface area contributed by atoms with E-state index in [0.717, 1.165) is 70.6 Å². The number of ether oxygens (including phenoxy) is 2.